The molecule has 5 heterocycles. The van der Waals surface area contributed by atoms with Gasteiger partial charge in [-0.15, -0.1) is 0 Å². The Kier molecular flexibility index (Phi) is 12.7. The van der Waals surface area contributed by atoms with E-state index in [9.17, 15) is 13.2 Å². The van der Waals surface area contributed by atoms with Crippen LogP contribution in [0.15, 0.2) is 95.7 Å². The highest BCUT2D eigenvalue weighted by atomic mass is 35.5. The maximum Gasteiger partial charge on any atom is 0.268 e. The average Bonchev–Trinajstić information content (AvgIpc) is 3.73. The standard InChI is InChI=1S/C48H53Cl2FN6O6S/c1-47(2)13-11-34(41(26-47)32-3-5-35(49)6-4-32)28-55-19-21-57(22-20-55)36-7-9-40(44(24-36)63-38-23-33-12-16-52-45(33)53-27-38)46(58)54-64(59,60)39-8-10-43(42(50)25-39)62-31-48(51)14-17-56(18-15-48)37-29-61-30-37/h3-10,12,16,23-25,27,37H,11,13-15,17-22,26,28-31H2,1-2H3,(H,52,53)(H,54,58). The van der Waals surface area contributed by atoms with Gasteiger partial charge in [-0.2, -0.15) is 0 Å². The quantitative estimate of drug-likeness (QED) is 0.118. The number of piperazine rings is 1. The van der Waals surface area contributed by atoms with Crippen LogP contribution >= 0.6 is 23.2 Å². The lowest BCUT2D eigenvalue weighted by molar-refractivity contribution is -0.0890. The number of halogens is 3. The van der Waals surface area contributed by atoms with Gasteiger partial charge in [-0.1, -0.05) is 54.8 Å². The number of benzene rings is 3. The summed E-state index contributed by atoms with van der Waals surface area (Å²) in [6.07, 6.45) is 7.16. The van der Waals surface area contributed by atoms with E-state index in [1.807, 2.05) is 24.3 Å². The highest BCUT2D eigenvalue weighted by Gasteiger charge is 2.39. The molecule has 16 heteroatoms. The summed E-state index contributed by atoms with van der Waals surface area (Å²) in [4.78, 5) is 28.2. The van der Waals surface area contributed by atoms with Crippen molar-refractivity contribution in [3.05, 3.63) is 112 Å². The van der Waals surface area contributed by atoms with Gasteiger partial charge in [0.25, 0.3) is 15.9 Å². The third kappa shape index (κ3) is 10.1. The number of nitrogens with zero attached hydrogens (tertiary/aromatic N) is 4. The molecule has 0 radical (unpaired) electrons. The molecule has 9 rings (SSSR count). The average molecular weight is 932 g/mol. The van der Waals surface area contributed by atoms with Crippen LogP contribution in [0.3, 0.4) is 0 Å². The first-order valence-corrected chi connectivity index (χ1v) is 24.1. The van der Waals surface area contributed by atoms with Crippen molar-refractivity contribution in [2.24, 2.45) is 5.41 Å². The predicted octanol–water partition coefficient (Wildman–Crippen LogP) is 9.15. The van der Waals surface area contributed by atoms with Gasteiger partial charge in [0.05, 0.1) is 40.9 Å². The zero-order valence-corrected chi connectivity index (χ0v) is 38.4. The van der Waals surface area contributed by atoms with E-state index in [4.69, 9.17) is 37.4 Å². The van der Waals surface area contributed by atoms with Gasteiger partial charge in [0.2, 0.25) is 0 Å². The summed E-state index contributed by atoms with van der Waals surface area (Å²) < 4.78 is 62.7. The number of nitrogens with one attached hydrogen (secondary N) is 2. The second-order valence-electron chi connectivity index (χ2n) is 18.3. The molecule has 338 valence electrons. The van der Waals surface area contributed by atoms with Crippen molar-refractivity contribution >= 4 is 61.4 Å². The van der Waals surface area contributed by atoms with Crippen LogP contribution in [0.2, 0.25) is 10.0 Å². The smallest absolute Gasteiger partial charge is 0.268 e. The third-order valence-corrected chi connectivity index (χ3v) is 15.0. The minimum Gasteiger partial charge on any atom is -0.489 e. The van der Waals surface area contributed by atoms with E-state index in [0.717, 1.165) is 68.1 Å². The van der Waals surface area contributed by atoms with Gasteiger partial charge in [0.15, 0.2) is 0 Å². The molecule has 2 N–H and O–H groups in total. The van der Waals surface area contributed by atoms with Crippen molar-refractivity contribution in [1.82, 2.24) is 24.5 Å². The van der Waals surface area contributed by atoms with Crippen molar-refractivity contribution < 1.29 is 31.8 Å². The lowest BCUT2D eigenvalue weighted by atomic mass is 9.72. The zero-order chi connectivity index (χ0) is 44.6. The Morgan fingerprint density at radius 3 is 2.42 bits per heavy atom. The molecule has 0 unspecified atom stereocenters. The molecule has 4 aliphatic rings. The number of pyridine rings is 1. The first-order chi connectivity index (χ1) is 30.7. The summed E-state index contributed by atoms with van der Waals surface area (Å²) >= 11 is 12.7. The number of sulfonamides is 1. The first-order valence-electron chi connectivity index (χ1n) is 21.9. The zero-order valence-electron chi connectivity index (χ0n) is 36.0. The van der Waals surface area contributed by atoms with E-state index < -0.39 is 21.6 Å². The summed E-state index contributed by atoms with van der Waals surface area (Å²) in [5, 5.41) is 1.52. The Morgan fingerprint density at radius 1 is 0.938 bits per heavy atom. The van der Waals surface area contributed by atoms with Gasteiger partial charge in [0, 0.05) is 74.2 Å². The van der Waals surface area contributed by atoms with E-state index in [1.165, 1.54) is 34.9 Å². The highest BCUT2D eigenvalue weighted by molar-refractivity contribution is 7.90. The topological polar surface area (TPSA) is 129 Å². The number of piperidine rings is 1. The van der Waals surface area contributed by atoms with E-state index in [-0.39, 0.29) is 39.0 Å². The summed E-state index contributed by atoms with van der Waals surface area (Å²) in [5.41, 5.74) is 4.35. The Morgan fingerprint density at radius 2 is 1.70 bits per heavy atom. The SMILES string of the molecule is CC1(C)CCC(CN2CCN(c3ccc(C(=O)NS(=O)(=O)c4ccc(OCC5(F)CCN(C6COC6)CC5)c(Cl)c4)c(Oc4cnc5[nH]ccc5c4)c3)CC2)=C(c2ccc(Cl)cc2)C1. The number of ether oxygens (including phenoxy) is 3. The highest BCUT2D eigenvalue weighted by Crippen LogP contribution is 2.44. The molecule has 64 heavy (non-hydrogen) atoms. The van der Waals surface area contributed by atoms with Gasteiger partial charge in [-0.3, -0.25) is 14.6 Å². The number of rotatable bonds is 13. The lowest BCUT2D eigenvalue weighted by Gasteiger charge is -2.43. The number of hydrogen-bond donors (Lipinski definition) is 2. The Balaban J connectivity index is 0.886. The number of H-pyrrole nitrogens is 1. The van der Waals surface area contributed by atoms with E-state index in [1.54, 1.807) is 30.6 Å². The number of carbonyl (C=O) groups excluding carboxylic acids is 1. The van der Waals surface area contributed by atoms with Crippen LogP contribution in [0.25, 0.3) is 16.6 Å². The number of fused-ring (bicyclic) bond motifs is 1. The molecule has 0 saturated carbocycles. The van der Waals surface area contributed by atoms with Gasteiger partial charge >= 0.3 is 0 Å². The molecule has 5 aromatic rings. The minimum atomic E-state index is -4.42. The maximum atomic E-state index is 15.7. The number of likely N-dealkylation sites (tertiary alicyclic amines) is 1. The summed E-state index contributed by atoms with van der Waals surface area (Å²) in [7, 11) is -4.42. The van der Waals surface area contributed by atoms with Gasteiger partial charge in [-0.25, -0.2) is 22.5 Å². The van der Waals surface area contributed by atoms with Crippen LogP contribution in [0.1, 0.15) is 61.9 Å². The van der Waals surface area contributed by atoms with Gasteiger partial charge in [-0.05, 0) is 103 Å². The second-order valence-corrected chi connectivity index (χ2v) is 20.8. The fourth-order valence-electron chi connectivity index (χ4n) is 9.06. The van der Waals surface area contributed by atoms with Crippen LogP contribution < -0.4 is 19.1 Å². The summed E-state index contributed by atoms with van der Waals surface area (Å²) in [6, 6.07) is 21.2. The molecule has 0 spiro atoms. The lowest BCUT2D eigenvalue weighted by Crippen LogP contribution is -2.55. The van der Waals surface area contributed by atoms with E-state index >= 15 is 4.39 Å². The number of anilines is 1. The molecule has 1 amide bonds. The fourth-order valence-corrected chi connectivity index (χ4v) is 10.5. The van der Waals surface area contributed by atoms with Crippen LogP contribution in [0, 0.1) is 5.41 Å². The first kappa shape index (κ1) is 44.5. The van der Waals surface area contributed by atoms with Crippen LogP contribution in [-0.4, -0.2) is 111 Å². The van der Waals surface area contributed by atoms with Crippen LogP contribution in [-0.2, 0) is 14.8 Å². The molecular weight excluding hydrogens is 879 g/mol. The Bertz CT molecular complexity index is 2660. The number of carbonyl (C=O) groups is 1. The monoisotopic (exact) mass is 930 g/mol. The number of alkyl halides is 1. The van der Waals surface area contributed by atoms with Crippen molar-refractivity contribution in [2.75, 3.05) is 70.5 Å². The molecule has 1 aliphatic carbocycles. The van der Waals surface area contributed by atoms with Gasteiger partial charge < -0.3 is 24.1 Å². The summed E-state index contributed by atoms with van der Waals surface area (Å²) in [5.74, 6) is -0.196. The number of amides is 1. The van der Waals surface area contributed by atoms with Crippen molar-refractivity contribution in [3.8, 4) is 17.2 Å². The van der Waals surface area contributed by atoms with Crippen molar-refractivity contribution in [3.63, 3.8) is 0 Å². The molecule has 3 aliphatic heterocycles. The van der Waals surface area contributed by atoms with Crippen LogP contribution in [0.4, 0.5) is 10.1 Å². The number of hydrogen-bond acceptors (Lipinski definition) is 10. The van der Waals surface area contributed by atoms with Gasteiger partial charge in [0.1, 0.15) is 35.2 Å². The fraction of sp³-hybridized carbons (Fsp3) is 0.417. The normalized spacial score (nSPS) is 19.7. The number of aromatic nitrogens is 2. The molecule has 2 aromatic heterocycles. The molecule has 0 atom stereocenters. The second kappa shape index (κ2) is 18.3. The molecule has 0 bridgehead atoms. The largest absolute Gasteiger partial charge is 0.489 e. The minimum absolute atomic E-state index is 0.0113. The molecule has 12 nitrogen and oxygen atoms in total. The van der Waals surface area contributed by atoms with E-state index in [2.05, 4.69) is 55.4 Å². The maximum absolute atomic E-state index is 15.7. The molecule has 3 aromatic carbocycles. The number of allylic oxidation sites excluding steroid dienone is 1. The third-order valence-electron chi connectivity index (χ3n) is 13.1. The summed E-state index contributed by atoms with van der Waals surface area (Å²) in [6.45, 7) is 11.1. The molecule has 3 fully saturated rings. The predicted molar refractivity (Wildman–Crippen MR) is 248 cm³/mol. The Hall–Kier alpha value is -4.70. The molecule has 3 saturated heterocycles. The number of aromatic amines is 1. The Labute approximate surface area is 383 Å². The van der Waals surface area contributed by atoms with Crippen molar-refractivity contribution in [1.29, 1.82) is 0 Å². The van der Waals surface area contributed by atoms with Crippen LogP contribution in [0.5, 0.6) is 17.2 Å². The van der Waals surface area contributed by atoms with E-state index in [0.29, 0.717) is 56.6 Å². The van der Waals surface area contributed by atoms with Crippen molar-refractivity contribution in [2.45, 2.75) is 62.6 Å². The molecular formula is C48H53Cl2FN6O6S.